The van der Waals surface area contributed by atoms with Gasteiger partial charge < -0.3 is 18.9 Å². The number of sulfonamides is 1. The highest BCUT2D eigenvalue weighted by molar-refractivity contribution is 7.89. The summed E-state index contributed by atoms with van der Waals surface area (Å²) in [5.41, 5.74) is 4.01. The maximum absolute atomic E-state index is 13.6. The van der Waals surface area contributed by atoms with Crippen LogP contribution in [-0.4, -0.2) is 63.7 Å². The van der Waals surface area contributed by atoms with Crippen LogP contribution in [0.15, 0.2) is 51.9 Å². The molecule has 1 aliphatic rings. The van der Waals surface area contributed by atoms with E-state index in [0.717, 1.165) is 5.69 Å². The number of methoxy groups -OCH3 is 1. The summed E-state index contributed by atoms with van der Waals surface area (Å²) in [6, 6.07) is 12.3. The smallest absolute Gasteiger partial charge is 0.360 e. The first-order valence-corrected chi connectivity index (χ1v) is 12.8. The van der Waals surface area contributed by atoms with Gasteiger partial charge in [-0.1, -0.05) is 17.3 Å². The number of benzene rings is 2. The van der Waals surface area contributed by atoms with E-state index >= 15 is 0 Å². The molecule has 0 saturated carbocycles. The summed E-state index contributed by atoms with van der Waals surface area (Å²) in [5.74, 6) is -0.117. The van der Waals surface area contributed by atoms with Gasteiger partial charge in [0.25, 0.3) is 0 Å². The van der Waals surface area contributed by atoms with Gasteiger partial charge in [-0.05, 0) is 56.2 Å². The second kappa shape index (κ2) is 10.1. The molecule has 1 fully saturated rings. The zero-order chi connectivity index (χ0) is 25.2. The molecule has 35 heavy (non-hydrogen) atoms. The number of hydrogen-bond donors (Lipinski definition) is 0. The maximum atomic E-state index is 13.6. The van der Waals surface area contributed by atoms with E-state index in [-0.39, 0.29) is 28.7 Å². The number of hydrogen-bond acceptors (Lipinski definition) is 8. The molecular formula is C25H29N3O6S. The molecule has 4 rings (SSSR count). The Kier molecular flexibility index (Phi) is 7.13. The van der Waals surface area contributed by atoms with Gasteiger partial charge in [0.15, 0.2) is 11.5 Å². The fourth-order valence-electron chi connectivity index (χ4n) is 4.13. The largest absolute Gasteiger partial charge is 0.495 e. The van der Waals surface area contributed by atoms with E-state index < -0.39 is 16.0 Å². The Bertz CT molecular complexity index is 1330. The van der Waals surface area contributed by atoms with Crippen LogP contribution in [0.25, 0.3) is 11.3 Å². The van der Waals surface area contributed by atoms with Crippen molar-refractivity contribution in [2.75, 3.05) is 44.8 Å². The van der Waals surface area contributed by atoms with Gasteiger partial charge in [0.2, 0.25) is 10.0 Å². The minimum absolute atomic E-state index is 0.0182. The van der Waals surface area contributed by atoms with Crippen molar-refractivity contribution in [2.24, 2.45) is 0 Å². The summed E-state index contributed by atoms with van der Waals surface area (Å²) >= 11 is 0. The number of aryl methyl sites for hydroxylation is 1. The SMILES string of the molecule is CCOC(=O)c1cc(-c2ccc(OC)c(S(=O)(=O)N3CCN(c4cccc(C)c4C)CC3)c2)on1. The van der Waals surface area contributed by atoms with E-state index in [9.17, 15) is 13.2 Å². The van der Waals surface area contributed by atoms with Crippen molar-refractivity contribution >= 4 is 21.7 Å². The molecule has 9 nitrogen and oxygen atoms in total. The van der Waals surface area contributed by atoms with Gasteiger partial charge >= 0.3 is 5.97 Å². The molecule has 0 unspecified atom stereocenters. The Labute approximate surface area is 205 Å². The lowest BCUT2D eigenvalue weighted by Gasteiger charge is -2.36. The van der Waals surface area contributed by atoms with Crippen LogP contribution in [0.3, 0.4) is 0 Å². The molecule has 2 heterocycles. The van der Waals surface area contributed by atoms with Gasteiger partial charge in [0.1, 0.15) is 10.6 Å². The molecule has 0 N–H and O–H groups in total. The summed E-state index contributed by atoms with van der Waals surface area (Å²) in [4.78, 5) is 14.2. The Hall–Kier alpha value is -3.37. The van der Waals surface area contributed by atoms with Crippen LogP contribution in [0.1, 0.15) is 28.5 Å². The number of anilines is 1. The standard InChI is InChI=1S/C25H29N3O6S/c1-5-33-25(29)20-16-23(34-26-20)19-9-10-22(32-4)24(15-19)35(30,31)28-13-11-27(12-14-28)21-8-6-7-17(2)18(21)3/h6-10,15-16H,5,11-14H2,1-4H3. The summed E-state index contributed by atoms with van der Waals surface area (Å²) in [6.07, 6.45) is 0. The molecule has 1 aromatic heterocycles. The van der Waals surface area contributed by atoms with Gasteiger partial charge in [-0.15, -0.1) is 0 Å². The molecular weight excluding hydrogens is 470 g/mol. The third-order valence-corrected chi connectivity index (χ3v) is 8.14. The number of carbonyl (C=O) groups excluding carboxylic acids is 1. The lowest BCUT2D eigenvalue weighted by molar-refractivity contribution is 0.0514. The second-order valence-corrected chi connectivity index (χ2v) is 10.2. The summed E-state index contributed by atoms with van der Waals surface area (Å²) < 4.78 is 44.3. The molecule has 0 atom stereocenters. The summed E-state index contributed by atoms with van der Waals surface area (Å²) in [7, 11) is -2.42. The van der Waals surface area contributed by atoms with Crippen LogP contribution in [0.4, 0.5) is 5.69 Å². The third-order valence-electron chi connectivity index (χ3n) is 6.22. The van der Waals surface area contributed by atoms with Crippen molar-refractivity contribution in [3.05, 3.63) is 59.3 Å². The fourth-order valence-corrected chi connectivity index (χ4v) is 5.73. The number of esters is 1. The molecule has 0 amide bonds. The molecule has 186 valence electrons. The van der Waals surface area contributed by atoms with Crippen molar-refractivity contribution in [3.8, 4) is 17.1 Å². The predicted octanol–water partition coefficient (Wildman–Crippen LogP) is 3.65. The number of aromatic nitrogens is 1. The lowest BCUT2D eigenvalue weighted by Crippen LogP contribution is -2.48. The molecule has 1 aliphatic heterocycles. The number of piperazine rings is 1. The molecule has 0 aliphatic carbocycles. The zero-order valence-corrected chi connectivity index (χ0v) is 21.1. The topological polar surface area (TPSA) is 102 Å². The van der Waals surface area contributed by atoms with Crippen molar-refractivity contribution in [1.82, 2.24) is 9.46 Å². The molecule has 1 saturated heterocycles. The van der Waals surface area contributed by atoms with E-state index in [1.54, 1.807) is 19.1 Å². The maximum Gasteiger partial charge on any atom is 0.360 e. The average Bonchev–Trinajstić information content (AvgIpc) is 3.36. The van der Waals surface area contributed by atoms with Gasteiger partial charge in [-0.3, -0.25) is 0 Å². The van der Waals surface area contributed by atoms with Crippen molar-refractivity contribution in [3.63, 3.8) is 0 Å². The minimum atomic E-state index is -3.85. The van der Waals surface area contributed by atoms with E-state index in [4.69, 9.17) is 14.0 Å². The third kappa shape index (κ3) is 4.89. The van der Waals surface area contributed by atoms with Gasteiger partial charge in [-0.2, -0.15) is 4.31 Å². The van der Waals surface area contributed by atoms with Crippen molar-refractivity contribution in [2.45, 2.75) is 25.7 Å². The first kappa shape index (κ1) is 24.7. The molecule has 0 radical (unpaired) electrons. The molecule has 3 aromatic rings. The molecule has 2 aromatic carbocycles. The molecule has 0 spiro atoms. The van der Waals surface area contributed by atoms with Crippen LogP contribution < -0.4 is 9.64 Å². The van der Waals surface area contributed by atoms with Crippen LogP contribution in [0.5, 0.6) is 5.75 Å². The Morgan fingerprint density at radius 2 is 1.83 bits per heavy atom. The fraction of sp³-hybridized carbons (Fsp3) is 0.360. The van der Waals surface area contributed by atoms with Crippen LogP contribution in [0, 0.1) is 13.8 Å². The Morgan fingerprint density at radius 3 is 2.51 bits per heavy atom. The van der Waals surface area contributed by atoms with Gasteiger partial charge in [0.05, 0.1) is 13.7 Å². The minimum Gasteiger partial charge on any atom is -0.495 e. The highest BCUT2D eigenvalue weighted by Gasteiger charge is 2.32. The molecule has 0 bridgehead atoms. The quantitative estimate of drug-likeness (QED) is 0.454. The lowest BCUT2D eigenvalue weighted by atomic mass is 10.1. The van der Waals surface area contributed by atoms with E-state index in [2.05, 4.69) is 36.0 Å². The molecule has 10 heteroatoms. The number of nitrogens with zero attached hydrogens (tertiary/aromatic N) is 3. The predicted molar refractivity (Wildman–Crippen MR) is 131 cm³/mol. The first-order chi connectivity index (χ1) is 16.8. The summed E-state index contributed by atoms with van der Waals surface area (Å²) in [5, 5.41) is 3.74. The van der Waals surface area contributed by atoms with Crippen molar-refractivity contribution < 1.29 is 27.2 Å². The van der Waals surface area contributed by atoms with E-state index in [1.807, 2.05) is 6.07 Å². The summed E-state index contributed by atoms with van der Waals surface area (Å²) in [6.45, 7) is 7.91. The number of rotatable bonds is 7. The van der Waals surface area contributed by atoms with Gasteiger partial charge in [0, 0.05) is 43.5 Å². The van der Waals surface area contributed by atoms with E-state index in [0.29, 0.717) is 31.7 Å². The monoisotopic (exact) mass is 499 g/mol. The van der Waals surface area contributed by atoms with Gasteiger partial charge in [-0.25, -0.2) is 13.2 Å². The van der Waals surface area contributed by atoms with Crippen LogP contribution >= 0.6 is 0 Å². The Balaban J connectivity index is 1.58. The highest BCUT2D eigenvalue weighted by Crippen LogP contribution is 2.33. The van der Waals surface area contributed by atoms with Crippen LogP contribution in [-0.2, 0) is 14.8 Å². The average molecular weight is 500 g/mol. The normalized spacial score (nSPS) is 14.7. The van der Waals surface area contributed by atoms with E-state index in [1.165, 1.54) is 34.7 Å². The zero-order valence-electron chi connectivity index (χ0n) is 20.3. The highest BCUT2D eigenvalue weighted by atomic mass is 32.2. The number of ether oxygens (including phenoxy) is 2. The first-order valence-electron chi connectivity index (χ1n) is 11.4. The number of carbonyl (C=O) groups is 1. The van der Waals surface area contributed by atoms with Crippen LogP contribution in [0.2, 0.25) is 0 Å². The second-order valence-electron chi connectivity index (χ2n) is 8.27. The Morgan fingerprint density at radius 1 is 1.09 bits per heavy atom. The van der Waals surface area contributed by atoms with Crippen molar-refractivity contribution in [1.29, 1.82) is 0 Å².